The van der Waals surface area contributed by atoms with Crippen molar-refractivity contribution in [3.63, 3.8) is 0 Å². The fourth-order valence-electron chi connectivity index (χ4n) is 2.94. The van der Waals surface area contributed by atoms with Gasteiger partial charge in [0, 0.05) is 43.6 Å². The predicted molar refractivity (Wildman–Crippen MR) is 78.9 cm³/mol. The van der Waals surface area contributed by atoms with Gasteiger partial charge in [0.2, 0.25) is 0 Å². The van der Waals surface area contributed by atoms with Gasteiger partial charge in [0.05, 0.1) is 13.2 Å². The molecule has 4 heteroatoms. The molecule has 104 valence electrons. The molecule has 1 atom stereocenters. The number of ether oxygens (including phenoxy) is 1. The summed E-state index contributed by atoms with van der Waals surface area (Å²) in [7, 11) is 0. The second-order valence-corrected chi connectivity index (χ2v) is 5.46. The number of morpholine rings is 1. The van der Waals surface area contributed by atoms with Crippen molar-refractivity contribution in [1.29, 1.82) is 0 Å². The molecule has 4 nitrogen and oxygen atoms in total. The summed E-state index contributed by atoms with van der Waals surface area (Å²) in [5.74, 6) is 0. The van der Waals surface area contributed by atoms with E-state index in [4.69, 9.17) is 10.5 Å². The standard InChI is InChI=1S/C15H23N3O/c16-13-2-1-7-18(12-13)15-5-3-14(4-6-15)17-8-10-19-11-9-17/h3-6,13H,1-2,7-12,16H2/t13-/m0/s1. The van der Waals surface area contributed by atoms with Crippen LogP contribution in [0.2, 0.25) is 0 Å². The lowest BCUT2D eigenvalue weighted by atomic mass is 10.1. The Kier molecular flexibility index (Phi) is 3.89. The van der Waals surface area contributed by atoms with E-state index in [1.807, 2.05) is 0 Å². The third kappa shape index (κ3) is 3.01. The summed E-state index contributed by atoms with van der Waals surface area (Å²) in [6, 6.07) is 9.22. The van der Waals surface area contributed by atoms with Gasteiger partial charge in [-0.1, -0.05) is 0 Å². The van der Waals surface area contributed by atoms with Crippen LogP contribution in [0, 0.1) is 0 Å². The molecule has 2 saturated heterocycles. The normalized spacial score (nSPS) is 24.6. The third-order valence-corrected chi connectivity index (χ3v) is 4.05. The lowest BCUT2D eigenvalue weighted by molar-refractivity contribution is 0.122. The van der Waals surface area contributed by atoms with E-state index in [1.54, 1.807) is 0 Å². The molecule has 0 spiro atoms. The molecule has 0 radical (unpaired) electrons. The Balaban J connectivity index is 1.67. The number of anilines is 2. The van der Waals surface area contributed by atoms with Crippen molar-refractivity contribution in [2.75, 3.05) is 49.2 Å². The molecule has 0 bridgehead atoms. The fraction of sp³-hybridized carbons (Fsp3) is 0.600. The molecule has 3 rings (SSSR count). The molecule has 0 unspecified atom stereocenters. The zero-order chi connectivity index (χ0) is 13.1. The van der Waals surface area contributed by atoms with Gasteiger partial charge in [-0.2, -0.15) is 0 Å². The second kappa shape index (κ2) is 5.80. The number of nitrogens with two attached hydrogens (primary N) is 1. The zero-order valence-corrected chi connectivity index (χ0v) is 11.4. The SMILES string of the molecule is N[C@H]1CCCN(c2ccc(N3CCOCC3)cc2)C1. The molecule has 2 heterocycles. The predicted octanol–water partition coefficient (Wildman–Crippen LogP) is 1.45. The molecule has 0 amide bonds. The number of piperidine rings is 1. The largest absolute Gasteiger partial charge is 0.378 e. The van der Waals surface area contributed by atoms with Crippen LogP contribution >= 0.6 is 0 Å². The molecule has 19 heavy (non-hydrogen) atoms. The van der Waals surface area contributed by atoms with Crippen molar-refractivity contribution in [3.05, 3.63) is 24.3 Å². The van der Waals surface area contributed by atoms with E-state index >= 15 is 0 Å². The van der Waals surface area contributed by atoms with E-state index in [0.717, 1.165) is 45.8 Å². The monoisotopic (exact) mass is 261 g/mol. The second-order valence-electron chi connectivity index (χ2n) is 5.46. The van der Waals surface area contributed by atoms with Crippen LogP contribution in [0.1, 0.15) is 12.8 Å². The molecule has 2 fully saturated rings. The van der Waals surface area contributed by atoms with Crippen LogP contribution in [0.15, 0.2) is 24.3 Å². The first-order chi connectivity index (χ1) is 9.33. The maximum Gasteiger partial charge on any atom is 0.0642 e. The van der Waals surface area contributed by atoms with Crippen molar-refractivity contribution in [2.45, 2.75) is 18.9 Å². The highest BCUT2D eigenvalue weighted by Gasteiger charge is 2.17. The van der Waals surface area contributed by atoms with Gasteiger partial charge < -0.3 is 20.3 Å². The topological polar surface area (TPSA) is 41.7 Å². The lowest BCUT2D eigenvalue weighted by Crippen LogP contribution is -2.42. The van der Waals surface area contributed by atoms with Crippen molar-refractivity contribution in [1.82, 2.24) is 0 Å². The number of hydrogen-bond donors (Lipinski definition) is 1. The molecule has 1 aromatic rings. The Morgan fingerprint density at radius 3 is 2.21 bits per heavy atom. The summed E-state index contributed by atoms with van der Waals surface area (Å²) in [6.07, 6.45) is 2.36. The van der Waals surface area contributed by atoms with Gasteiger partial charge in [-0.05, 0) is 37.1 Å². The first kappa shape index (κ1) is 12.8. The molecule has 0 saturated carbocycles. The Labute approximate surface area is 115 Å². The smallest absolute Gasteiger partial charge is 0.0642 e. The Bertz CT molecular complexity index is 400. The minimum Gasteiger partial charge on any atom is -0.378 e. The molecule has 2 aliphatic heterocycles. The van der Waals surface area contributed by atoms with Crippen LogP contribution in [-0.4, -0.2) is 45.4 Å². The van der Waals surface area contributed by atoms with E-state index in [1.165, 1.54) is 17.8 Å². The molecule has 0 aromatic heterocycles. The molecule has 2 aliphatic rings. The van der Waals surface area contributed by atoms with Crippen LogP contribution in [0.4, 0.5) is 11.4 Å². The summed E-state index contributed by atoms with van der Waals surface area (Å²) < 4.78 is 5.39. The highest BCUT2D eigenvalue weighted by Crippen LogP contribution is 2.23. The maximum atomic E-state index is 6.05. The van der Waals surface area contributed by atoms with Gasteiger partial charge >= 0.3 is 0 Å². The van der Waals surface area contributed by atoms with Crippen molar-refractivity contribution in [2.24, 2.45) is 5.73 Å². The van der Waals surface area contributed by atoms with Crippen LogP contribution in [-0.2, 0) is 4.74 Å². The summed E-state index contributed by atoms with van der Waals surface area (Å²) in [6.45, 7) is 5.77. The molecular weight excluding hydrogens is 238 g/mol. The average Bonchev–Trinajstić information content (AvgIpc) is 2.48. The number of benzene rings is 1. The van der Waals surface area contributed by atoms with Crippen LogP contribution in [0.5, 0.6) is 0 Å². The van der Waals surface area contributed by atoms with Gasteiger partial charge in [0.15, 0.2) is 0 Å². The summed E-state index contributed by atoms with van der Waals surface area (Å²) in [5, 5.41) is 0. The quantitative estimate of drug-likeness (QED) is 0.875. The average molecular weight is 261 g/mol. The van der Waals surface area contributed by atoms with E-state index in [0.29, 0.717) is 6.04 Å². The zero-order valence-electron chi connectivity index (χ0n) is 11.4. The van der Waals surface area contributed by atoms with E-state index in [-0.39, 0.29) is 0 Å². The first-order valence-electron chi connectivity index (χ1n) is 7.26. The van der Waals surface area contributed by atoms with E-state index in [9.17, 15) is 0 Å². The van der Waals surface area contributed by atoms with Gasteiger partial charge in [0.25, 0.3) is 0 Å². The summed E-state index contributed by atoms with van der Waals surface area (Å²) in [4.78, 5) is 4.78. The van der Waals surface area contributed by atoms with Crippen molar-refractivity contribution in [3.8, 4) is 0 Å². The van der Waals surface area contributed by atoms with Crippen molar-refractivity contribution < 1.29 is 4.74 Å². The van der Waals surface area contributed by atoms with Crippen LogP contribution in [0.25, 0.3) is 0 Å². The van der Waals surface area contributed by atoms with Gasteiger partial charge in [0.1, 0.15) is 0 Å². The van der Waals surface area contributed by atoms with Gasteiger partial charge in [-0.25, -0.2) is 0 Å². The number of nitrogens with zero attached hydrogens (tertiary/aromatic N) is 2. The Hall–Kier alpha value is -1.26. The number of hydrogen-bond acceptors (Lipinski definition) is 4. The first-order valence-corrected chi connectivity index (χ1v) is 7.26. The summed E-state index contributed by atoms with van der Waals surface area (Å²) in [5.41, 5.74) is 8.64. The molecule has 0 aliphatic carbocycles. The van der Waals surface area contributed by atoms with E-state index < -0.39 is 0 Å². The minimum absolute atomic E-state index is 0.327. The Morgan fingerprint density at radius 1 is 0.947 bits per heavy atom. The number of rotatable bonds is 2. The van der Waals surface area contributed by atoms with Crippen LogP contribution in [0.3, 0.4) is 0 Å². The maximum absolute atomic E-state index is 6.05. The summed E-state index contributed by atoms with van der Waals surface area (Å²) >= 11 is 0. The Morgan fingerprint density at radius 2 is 1.58 bits per heavy atom. The fourth-order valence-corrected chi connectivity index (χ4v) is 2.94. The van der Waals surface area contributed by atoms with Crippen LogP contribution < -0.4 is 15.5 Å². The van der Waals surface area contributed by atoms with Gasteiger partial charge in [-0.15, -0.1) is 0 Å². The molecular formula is C15H23N3O. The lowest BCUT2D eigenvalue weighted by Gasteiger charge is -2.33. The third-order valence-electron chi connectivity index (χ3n) is 4.05. The minimum atomic E-state index is 0.327. The van der Waals surface area contributed by atoms with Gasteiger partial charge in [-0.3, -0.25) is 0 Å². The molecule has 1 aromatic carbocycles. The van der Waals surface area contributed by atoms with E-state index in [2.05, 4.69) is 34.1 Å². The van der Waals surface area contributed by atoms with Crippen molar-refractivity contribution >= 4 is 11.4 Å². The highest BCUT2D eigenvalue weighted by molar-refractivity contribution is 5.56. The highest BCUT2D eigenvalue weighted by atomic mass is 16.5. The molecule has 2 N–H and O–H groups in total.